The molecule has 0 aliphatic rings. The van der Waals surface area contributed by atoms with Gasteiger partial charge in [0.15, 0.2) is 5.03 Å². The highest BCUT2D eigenvalue weighted by molar-refractivity contribution is 9.11. The van der Waals surface area contributed by atoms with Crippen LogP contribution in [0, 0.1) is 0 Å². The second-order valence-electron chi connectivity index (χ2n) is 4.36. The topological polar surface area (TPSA) is 86.9 Å². The van der Waals surface area contributed by atoms with E-state index in [1.807, 2.05) is 19.1 Å². The van der Waals surface area contributed by atoms with Crippen LogP contribution in [0.25, 0.3) is 0 Å². The Morgan fingerprint density at radius 3 is 2.90 bits per heavy atom. The minimum absolute atomic E-state index is 0.135. The molecule has 0 fully saturated rings. The Morgan fingerprint density at radius 2 is 2.24 bits per heavy atom. The predicted octanol–water partition coefficient (Wildman–Crippen LogP) is 1.86. The molecule has 0 amide bonds. The first kappa shape index (κ1) is 16.6. The molecule has 3 N–H and O–H groups in total. The molecule has 116 valence electrons. The van der Waals surface area contributed by atoms with Crippen LogP contribution < -0.4 is 10.0 Å². The highest BCUT2D eigenvalue weighted by Gasteiger charge is 2.20. The van der Waals surface area contributed by atoms with Gasteiger partial charge in [-0.05, 0) is 41.0 Å². The van der Waals surface area contributed by atoms with Gasteiger partial charge in [-0.25, -0.2) is 13.1 Å². The SMILES string of the molecule is CCNCc1cn[nH]c1S(=O)(=O)NCCc1ccc(Br)s1. The van der Waals surface area contributed by atoms with Crippen molar-refractivity contribution >= 4 is 37.3 Å². The van der Waals surface area contributed by atoms with Crippen LogP contribution in [0.5, 0.6) is 0 Å². The largest absolute Gasteiger partial charge is 0.313 e. The van der Waals surface area contributed by atoms with Crippen LogP contribution in [-0.4, -0.2) is 31.7 Å². The molecule has 6 nitrogen and oxygen atoms in total. The van der Waals surface area contributed by atoms with Gasteiger partial charge >= 0.3 is 0 Å². The van der Waals surface area contributed by atoms with E-state index in [4.69, 9.17) is 0 Å². The summed E-state index contributed by atoms with van der Waals surface area (Å²) in [4.78, 5) is 1.13. The average Bonchev–Trinajstić information content (AvgIpc) is 3.05. The van der Waals surface area contributed by atoms with Gasteiger partial charge in [-0.15, -0.1) is 11.3 Å². The summed E-state index contributed by atoms with van der Waals surface area (Å²) < 4.78 is 28.2. The standard InChI is InChI=1S/C12H17BrN4O2S2/c1-2-14-7-9-8-15-17-12(9)21(18,19)16-6-5-10-3-4-11(13)20-10/h3-4,8,14,16H,2,5-7H2,1H3,(H,15,17). The summed E-state index contributed by atoms with van der Waals surface area (Å²) in [5.41, 5.74) is 0.642. The van der Waals surface area contributed by atoms with Gasteiger partial charge in [0, 0.05) is 23.5 Å². The summed E-state index contributed by atoms with van der Waals surface area (Å²) in [6.45, 7) is 3.56. The minimum Gasteiger partial charge on any atom is -0.313 e. The van der Waals surface area contributed by atoms with E-state index in [1.54, 1.807) is 11.3 Å². The molecule has 0 aliphatic carbocycles. The van der Waals surface area contributed by atoms with E-state index < -0.39 is 10.0 Å². The van der Waals surface area contributed by atoms with Gasteiger partial charge in [-0.1, -0.05) is 6.92 Å². The lowest BCUT2D eigenvalue weighted by Gasteiger charge is -2.07. The Bertz CT molecular complexity index is 681. The fourth-order valence-electron chi connectivity index (χ4n) is 1.78. The molecule has 0 bridgehead atoms. The molecule has 0 aliphatic heterocycles. The Hall–Kier alpha value is -0.740. The van der Waals surface area contributed by atoms with Gasteiger partial charge in [0.25, 0.3) is 10.0 Å². The van der Waals surface area contributed by atoms with E-state index in [9.17, 15) is 8.42 Å². The minimum atomic E-state index is -3.56. The summed E-state index contributed by atoms with van der Waals surface area (Å²) in [5, 5.41) is 9.61. The molecular formula is C12H17BrN4O2S2. The monoisotopic (exact) mass is 392 g/mol. The molecule has 0 aromatic carbocycles. The quantitative estimate of drug-likeness (QED) is 0.639. The molecule has 9 heteroatoms. The lowest BCUT2D eigenvalue weighted by molar-refractivity contribution is 0.574. The summed E-state index contributed by atoms with van der Waals surface area (Å²) in [6.07, 6.45) is 2.19. The van der Waals surface area contributed by atoms with E-state index in [1.165, 1.54) is 6.20 Å². The van der Waals surface area contributed by atoms with Gasteiger partial charge in [0.2, 0.25) is 0 Å². The zero-order valence-corrected chi connectivity index (χ0v) is 14.7. The zero-order valence-electron chi connectivity index (χ0n) is 11.5. The molecule has 0 spiro atoms. The summed E-state index contributed by atoms with van der Waals surface area (Å²) in [5.74, 6) is 0. The van der Waals surface area contributed by atoms with Gasteiger partial charge in [-0.3, -0.25) is 5.10 Å². The van der Waals surface area contributed by atoms with Gasteiger partial charge in [0.05, 0.1) is 9.98 Å². The summed E-state index contributed by atoms with van der Waals surface area (Å²) >= 11 is 4.99. The maximum atomic E-state index is 12.3. The average molecular weight is 393 g/mol. The van der Waals surface area contributed by atoms with Crippen molar-refractivity contribution in [3.63, 3.8) is 0 Å². The van der Waals surface area contributed by atoms with Crippen molar-refractivity contribution in [2.75, 3.05) is 13.1 Å². The molecular weight excluding hydrogens is 376 g/mol. The number of thiophene rings is 1. The van der Waals surface area contributed by atoms with Crippen LogP contribution >= 0.6 is 27.3 Å². The first-order valence-electron chi connectivity index (χ1n) is 6.49. The Labute approximate surface area is 136 Å². The third-order valence-electron chi connectivity index (χ3n) is 2.80. The predicted molar refractivity (Wildman–Crippen MR) is 86.9 cm³/mol. The van der Waals surface area contributed by atoms with E-state index in [0.29, 0.717) is 25.1 Å². The van der Waals surface area contributed by atoms with Crippen molar-refractivity contribution in [1.82, 2.24) is 20.2 Å². The fourth-order valence-corrected chi connectivity index (χ4v) is 4.43. The van der Waals surface area contributed by atoms with Crippen LogP contribution in [0.2, 0.25) is 0 Å². The maximum Gasteiger partial charge on any atom is 0.257 e. The zero-order chi connectivity index (χ0) is 15.3. The number of hydrogen-bond donors (Lipinski definition) is 3. The van der Waals surface area contributed by atoms with Crippen molar-refractivity contribution < 1.29 is 8.42 Å². The van der Waals surface area contributed by atoms with Crippen LogP contribution in [-0.2, 0) is 23.0 Å². The number of sulfonamides is 1. The maximum absolute atomic E-state index is 12.3. The molecule has 0 unspecified atom stereocenters. The number of aromatic nitrogens is 2. The Balaban J connectivity index is 1.96. The Kier molecular flexibility index (Phi) is 5.94. The smallest absolute Gasteiger partial charge is 0.257 e. The molecule has 2 heterocycles. The van der Waals surface area contributed by atoms with Crippen LogP contribution in [0.15, 0.2) is 27.1 Å². The molecule has 0 radical (unpaired) electrons. The number of hydrogen-bond acceptors (Lipinski definition) is 5. The number of halogens is 1. The first-order valence-corrected chi connectivity index (χ1v) is 9.59. The van der Waals surface area contributed by atoms with Crippen molar-refractivity contribution in [2.24, 2.45) is 0 Å². The molecule has 2 aromatic heterocycles. The van der Waals surface area contributed by atoms with Crippen molar-refractivity contribution in [3.05, 3.63) is 32.6 Å². The third kappa shape index (κ3) is 4.62. The summed E-state index contributed by atoms with van der Waals surface area (Å²) in [7, 11) is -3.56. The fraction of sp³-hybridized carbons (Fsp3) is 0.417. The molecule has 0 saturated carbocycles. The molecule has 0 saturated heterocycles. The highest BCUT2D eigenvalue weighted by atomic mass is 79.9. The Morgan fingerprint density at radius 1 is 1.43 bits per heavy atom. The molecule has 0 atom stereocenters. The molecule has 21 heavy (non-hydrogen) atoms. The van der Waals surface area contributed by atoms with Gasteiger partial charge in [-0.2, -0.15) is 5.10 Å². The van der Waals surface area contributed by atoms with Gasteiger partial charge < -0.3 is 5.32 Å². The third-order valence-corrected chi connectivity index (χ3v) is 5.96. The normalized spacial score (nSPS) is 11.9. The lowest BCUT2D eigenvalue weighted by Crippen LogP contribution is -2.27. The van der Waals surface area contributed by atoms with Crippen molar-refractivity contribution in [2.45, 2.75) is 24.9 Å². The van der Waals surface area contributed by atoms with Gasteiger partial charge in [0.1, 0.15) is 0 Å². The first-order chi connectivity index (χ1) is 10.0. The van der Waals surface area contributed by atoms with Crippen LogP contribution in [0.4, 0.5) is 0 Å². The number of nitrogens with one attached hydrogen (secondary N) is 3. The number of aromatic amines is 1. The second kappa shape index (κ2) is 7.50. The highest BCUT2D eigenvalue weighted by Crippen LogP contribution is 2.22. The number of nitrogens with zero attached hydrogens (tertiary/aromatic N) is 1. The summed E-state index contributed by atoms with van der Waals surface area (Å²) in [6, 6.07) is 3.94. The molecule has 2 aromatic rings. The van der Waals surface area contributed by atoms with Crippen LogP contribution in [0.1, 0.15) is 17.4 Å². The van der Waals surface area contributed by atoms with E-state index in [-0.39, 0.29) is 5.03 Å². The van der Waals surface area contributed by atoms with Crippen molar-refractivity contribution in [1.29, 1.82) is 0 Å². The molecule has 2 rings (SSSR count). The van der Waals surface area contributed by atoms with Crippen LogP contribution in [0.3, 0.4) is 0 Å². The van der Waals surface area contributed by atoms with E-state index >= 15 is 0 Å². The van der Waals surface area contributed by atoms with Crippen molar-refractivity contribution in [3.8, 4) is 0 Å². The van der Waals surface area contributed by atoms with E-state index in [2.05, 4.69) is 36.2 Å². The number of H-pyrrole nitrogens is 1. The lowest BCUT2D eigenvalue weighted by atomic mass is 10.3. The second-order valence-corrected chi connectivity index (χ2v) is 8.61. The van der Waals surface area contributed by atoms with E-state index in [0.717, 1.165) is 15.2 Å². The number of rotatable bonds is 8.